The van der Waals surface area contributed by atoms with Crippen LogP contribution in [0.4, 0.5) is 10.5 Å². The van der Waals surface area contributed by atoms with E-state index in [1.807, 2.05) is 26.8 Å². The molecule has 0 radical (unpaired) electrons. The van der Waals surface area contributed by atoms with E-state index in [0.717, 1.165) is 11.1 Å². The summed E-state index contributed by atoms with van der Waals surface area (Å²) in [4.78, 5) is 37.0. The predicted molar refractivity (Wildman–Crippen MR) is 108 cm³/mol. The number of fused-ring (bicyclic) bond motifs is 1. The molecule has 0 unspecified atom stereocenters. The highest BCUT2D eigenvalue weighted by Crippen LogP contribution is 2.43. The molecule has 0 bridgehead atoms. The number of carboxylic acid groups (broad SMARTS) is 1. The summed E-state index contributed by atoms with van der Waals surface area (Å²) in [6, 6.07) is -0.660. The number of nitrogens with two attached hydrogens (primary N) is 1. The van der Waals surface area contributed by atoms with E-state index < -0.39 is 18.0 Å². The van der Waals surface area contributed by atoms with Crippen LogP contribution in [0.15, 0.2) is 11.6 Å². The van der Waals surface area contributed by atoms with Crippen molar-refractivity contribution in [2.75, 3.05) is 18.6 Å². The minimum absolute atomic E-state index is 0.0328. The summed E-state index contributed by atoms with van der Waals surface area (Å²) >= 11 is 0. The first-order valence-corrected chi connectivity index (χ1v) is 9.56. The Morgan fingerprint density at radius 1 is 1.34 bits per heavy atom. The molecule has 1 aromatic rings. The van der Waals surface area contributed by atoms with Crippen LogP contribution < -0.4 is 15.4 Å². The van der Waals surface area contributed by atoms with Gasteiger partial charge >= 0.3 is 18.0 Å². The molecule has 3 N–H and O–H groups in total. The molecular weight excluding hydrogens is 376 g/mol. The lowest BCUT2D eigenvalue weighted by Crippen LogP contribution is -2.38. The Kier molecular flexibility index (Phi) is 7.25. The highest BCUT2D eigenvalue weighted by molar-refractivity contribution is 6.06. The summed E-state index contributed by atoms with van der Waals surface area (Å²) in [5.74, 6) is -0.785. The molecule has 158 valence electrons. The van der Waals surface area contributed by atoms with E-state index in [9.17, 15) is 14.4 Å². The second kappa shape index (κ2) is 9.45. The van der Waals surface area contributed by atoms with Crippen LogP contribution in [0.25, 0.3) is 0 Å². The molecule has 0 spiro atoms. The van der Waals surface area contributed by atoms with E-state index in [1.165, 1.54) is 12.0 Å². The van der Waals surface area contributed by atoms with Crippen molar-refractivity contribution in [2.45, 2.75) is 53.1 Å². The molecule has 1 aliphatic heterocycles. The van der Waals surface area contributed by atoms with Gasteiger partial charge in [0.2, 0.25) is 0 Å². The topological polar surface area (TPSA) is 119 Å². The number of cyclic esters (lactones) is 1. The maximum Gasteiger partial charge on any atom is 0.341 e. The normalized spacial score (nSPS) is 13.1. The number of methoxy groups -OCH3 is 1. The van der Waals surface area contributed by atoms with Crippen LogP contribution in [0.1, 0.15) is 60.2 Å². The monoisotopic (exact) mass is 404 g/mol. The smallest absolute Gasteiger partial charge is 0.341 e. The van der Waals surface area contributed by atoms with E-state index in [1.54, 1.807) is 0 Å². The van der Waals surface area contributed by atoms with Crippen molar-refractivity contribution < 1.29 is 29.0 Å². The highest BCUT2D eigenvalue weighted by atomic mass is 16.5. The standard InChI is InChI=1S/C21H28N2O6/c1-5-10-23(21(22)27)18-14(8-6-12(2)7-9-16(24)25)19(28-4)13(3)15-11-29-20(26)17(15)18/h6H,5,7-11H2,1-4H3,(H2,22,27)(H,24,25)/b12-6+. The number of aliphatic carboxylic acids is 1. The number of nitrogens with zero attached hydrogens (tertiary/aromatic N) is 1. The van der Waals surface area contributed by atoms with Crippen LogP contribution in [0.3, 0.4) is 0 Å². The Morgan fingerprint density at radius 2 is 2.03 bits per heavy atom. The number of primary amides is 1. The van der Waals surface area contributed by atoms with Crippen LogP contribution in [0.2, 0.25) is 0 Å². The molecule has 1 heterocycles. The number of carboxylic acids is 1. The number of allylic oxidation sites excluding steroid dienone is 2. The van der Waals surface area contributed by atoms with Gasteiger partial charge in [-0.2, -0.15) is 0 Å². The fraction of sp³-hybridized carbons (Fsp3) is 0.476. The molecule has 0 saturated heterocycles. The summed E-state index contributed by atoms with van der Waals surface area (Å²) < 4.78 is 10.9. The SMILES string of the molecule is CCCN(C(N)=O)c1c(C/C=C(\C)CCC(=O)O)c(OC)c(C)c2c1C(=O)OC2. The number of anilines is 1. The highest BCUT2D eigenvalue weighted by Gasteiger charge is 2.35. The maximum absolute atomic E-state index is 12.5. The first-order valence-electron chi connectivity index (χ1n) is 9.56. The van der Waals surface area contributed by atoms with E-state index in [4.69, 9.17) is 20.3 Å². The van der Waals surface area contributed by atoms with Crippen LogP contribution in [0, 0.1) is 6.92 Å². The summed E-state index contributed by atoms with van der Waals surface area (Å²) in [6.45, 7) is 6.07. The summed E-state index contributed by atoms with van der Waals surface area (Å²) in [7, 11) is 1.54. The Morgan fingerprint density at radius 3 is 2.59 bits per heavy atom. The van der Waals surface area contributed by atoms with Gasteiger partial charge in [0, 0.05) is 24.1 Å². The van der Waals surface area contributed by atoms with Gasteiger partial charge in [0.25, 0.3) is 0 Å². The molecule has 1 aliphatic rings. The Balaban J connectivity index is 2.66. The zero-order valence-electron chi connectivity index (χ0n) is 17.3. The first-order chi connectivity index (χ1) is 13.7. The number of urea groups is 1. The molecular formula is C21H28N2O6. The number of rotatable bonds is 9. The predicted octanol–water partition coefficient (Wildman–Crippen LogP) is 3.32. The van der Waals surface area contributed by atoms with Gasteiger partial charge in [-0.1, -0.05) is 18.6 Å². The van der Waals surface area contributed by atoms with Crippen molar-refractivity contribution in [2.24, 2.45) is 5.73 Å². The van der Waals surface area contributed by atoms with Gasteiger partial charge < -0.3 is 20.3 Å². The average molecular weight is 404 g/mol. The number of esters is 1. The number of hydrogen-bond acceptors (Lipinski definition) is 5. The zero-order valence-corrected chi connectivity index (χ0v) is 17.3. The van der Waals surface area contributed by atoms with Crippen molar-refractivity contribution >= 4 is 23.7 Å². The van der Waals surface area contributed by atoms with Crippen molar-refractivity contribution in [3.63, 3.8) is 0 Å². The molecule has 0 aliphatic carbocycles. The Bertz CT molecular complexity index is 859. The molecule has 0 aromatic heterocycles. The third-order valence-electron chi connectivity index (χ3n) is 5.02. The second-order valence-electron chi connectivity index (χ2n) is 7.05. The number of hydrogen-bond donors (Lipinski definition) is 2. The number of carbonyl (C=O) groups is 3. The third-order valence-corrected chi connectivity index (χ3v) is 5.02. The summed E-state index contributed by atoms with van der Waals surface area (Å²) in [5, 5.41) is 8.88. The Hall–Kier alpha value is -3.03. The van der Waals surface area contributed by atoms with Gasteiger partial charge in [0.1, 0.15) is 12.4 Å². The molecule has 2 rings (SSSR count). The van der Waals surface area contributed by atoms with E-state index in [-0.39, 0.29) is 13.0 Å². The molecule has 2 amide bonds. The molecule has 0 fully saturated rings. The number of ether oxygens (including phenoxy) is 2. The van der Waals surface area contributed by atoms with E-state index in [2.05, 4.69) is 0 Å². The molecule has 0 atom stereocenters. The van der Waals surface area contributed by atoms with Crippen molar-refractivity contribution in [3.8, 4) is 5.75 Å². The van der Waals surface area contributed by atoms with Crippen molar-refractivity contribution in [1.29, 1.82) is 0 Å². The van der Waals surface area contributed by atoms with Crippen molar-refractivity contribution in [3.05, 3.63) is 33.9 Å². The second-order valence-corrected chi connectivity index (χ2v) is 7.05. The van der Waals surface area contributed by atoms with Gasteiger partial charge in [-0.3, -0.25) is 9.69 Å². The lowest BCUT2D eigenvalue weighted by atomic mass is 9.92. The first kappa shape index (κ1) is 22.3. The number of benzene rings is 1. The number of carbonyl (C=O) groups excluding carboxylic acids is 2. The van der Waals surface area contributed by atoms with Crippen LogP contribution in [0.5, 0.6) is 5.75 Å². The van der Waals surface area contributed by atoms with Crippen LogP contribution in [-0.2, 0) is 22.6 Å². The maximum atomic E-state index is 12.5. The van der Waals surface area contributed by atoms with Gasteiger partial charge in [0.15, 0.2) is 0 Å². The van der Waals surface area contributed by atoms with Gasteiger partial charge in [-0.25, -0.2) is 9.59 Å². The fourth-order valence-electron chi connectivity index (χ4n) is 3.56. The summed E-state index contributed by atoms with van der Waals surface area (Å²) in [6.07, 6.45) is 3.34. The van der Waals surface area contributed by atoms with Crippen molar-refractivity contribution in [1.82, 2.24) is 0 Å². The average Bonchev–Trinajstić information content (AvgIpc) is 3.05. The quantitative estimate of drug-likeness (QED) is 0.481. The number of amides is 2. The van der Waals surface area contributed by atoms with E-state index >= 15 is 0 Å². The van der Waals surface area contributed by atoms with Gasteiger partial charge in [-0.05, 0) is 38.7 Å². The molecule has 8 heteroatoms. The minimum atomic E-state index is -0.866. The van der Waals surface area contributed by atoms with E-state index in [0.29, 0.717) is 53.9 Å². The van der Waals surface area contributed by atoms with Crippen LogP contribution >= 0.6 is 0 Å². The van der Waals surface area contributed by atoms with Gasteiger partial charge in [0.05, 0.1) is 18.4 Å². The van der Waals surface area contributed by atoms with Crippen LogP contribution in [-0.4, -0.2) is 36.7 Å². The lowest BCUT2D eigenvalue weighted by molar-refractivity contribution is -0.136. The largest absolute Gasteiger partial charge is 0.496 e. The zero-order chi connectivity index (χ0) is 21.7. The van der Waals surface area contributed by atoms with Gasteiger partial charge in [-0.15, -0.1) is 0 Å². The summed E-state index contributed by atoms with van der Waals surface area (Å²) in [5.41, 5.74) is 9.43. The third kappa shape index (κ3) is 4.70. The Labute approximate surface area is 170 Å². The fourth-order valence-corrected chi connectivity index (χ4v) is 3.56. The minimum Gasteiger partial charge on any atom is -0.496 e. The molecule has 1 aromatic carbocycles. The lowest BCUT2D eigenvalue weighted by Gasteiger charge is -2.27. The molecule has 0 saturated carbocycles. The molecule has 8 nitrogen and oxygen atoms in total. The molecule has 29 heavy (non-hydrogen) atoms.